The van der Waals surface area contributed by atoms with Crippen LogP contribution < -0.4 is 5.32 Å². The molecule has 3 rings (SSSR count). The minimum atomic E-state index is 0. The Hall–Kier alpha value is -0.740. The largest absolute Gasteiger partial charge is 0.504 e. The van der Waals surface area contributed by atoms with Crippen molar-refractivity contribution in [1.29, 1.82) is 0 Å². The van der Waals surface area contributed by atoms with Crippen LogP contribution in [0.4, 0.5) is 0 Å². The Morgan fingerprint density at radius 3 is 2.81 bits per heavy atom. The lowest BCUT2D eigenvalue weighted by atomic mass is 9.77. The molecule has 1 aliphatic carbocycles. The first-order valence-corrected chi connectivity index (χ1v) is 5.52. The summed E-state index contributed by atoms with van der Waals surface area (Å²) in [6.07, 6.45) is 2.00. The van der Waals surface area contributed by atoms with Crippen LogP contribution in [0.25, 0.3) is 0 Å². The zero-order valence-electron chi connectivity index (χ0n) is 8.94. The third-order valence-electron chi connectivity index (χ3n) is 3.80. The van der Waals surface area contributed by atoms with Crippen molar-refractivity contribution >= 4 is 17.0 Å². The lowest BCUT2D eigenvalue weighted by molar-refractivity contribution is 0.384. The molecular weight excluding hydrogens is 270 g/mol. The predicted molar refractivity (Wildman–Crippen MR) is 67.5 cm³/mol. The van der Waals surface area contributed by atoms with Crippen molar-refractivity contribution in [2.75, 3.05) is 13.1 Å². The minimum absolute atomic E-state index is 0. The zero-order chi connectivity index (χ0) is 10.4. The topological polar surface area (TPSA) is 52.5 Å². The van der Waals surface area contributed by atoms with Gasteiger partial charge in [-0.25, -0.2) is 0 Å². The molecule has 1 fully saturated rings. The summed E-state index contributed by atoms with van der Waals surface area (Å²) in [6.45, 7) is 2.09. The highest BCUT2D eigenvalue weighted by molar-refractivity contribution is 8.93. The first-order chi connectivity index (χ1) is 7.27. The Kier molecular flexibility index (Phi) is 3.13. The first-order valence-electron chi connectivity index (χ1n) is 5.52. The van der Waals surface area contributed by atoms with E-state index < -0.39 is 0 Å². The summed E-state index contributed by atoms with van der Waals surface area (Å²) in [5, 5.41) is 22.6. The molecule has 0 spiro atoms. The van der Waals surface area contributed by atoms with E-state index in [9.17, 15) is 10.2 Å². The quantitative estimate of drug-likeness (QED) is 0.639. The molecule has 0 aromatic heterocycles. The molecule has 1 heterocycles. The lowest BCUT2D eigenvalue weighted by Crippen LogP contribution is -2.18. The van der Waals surface area contributed by atoms with Gasteiger partial charge in [-0.3, -0.25) is 0 Å². The van der Waals surface area contributed by atoms with Crippen molar-refractivity contribution in [3.05, 3.63) is 23.3 Å². The number of benzene rings is 1. The van der Waals surface area contributed by atoms with E-state index in [0.29, 0.717) is 11.8 Å². The third kappa shape index (κ3) is 1.60. The second-order valence-corrected chi connectivity index (χ2v) is 4.56. The molecule has 0 amide bonds. The summed E-state index contributed by atoms with van der Waals surface area (Å²) in [5.41, 5.74) is 2.19. The van der Waals surface area contributed by atoms with E-state index in [1.54, 1.807) is 6.07 Å². The number of halogens is 1. The predicted octanol–water partition coefficient (Wildman–Crippen LogP) is 1.92. The van der Waals surface area contributed by atoms with Gasteiger partial charge in [0, 0.05) is 18.0 Å². The van der Waals surface area contributed by atoms with Crippen LogP contribution in [0.5, 0.6) is 11.5 Å². The molecule has 0 saturated carbocycles. The van der Waals surface area contributed by atoms with Gasteiger partial charge in [0.1, 0.15) is 0 Å². The van der Waals surface area contributed by atoms with Gasteiger partial charge < -0.3 is 15.5 Å². The molecular formula is C12H16BrNO2. The third-order valence-corrected chi connectivity index (χ3v) is 3.80. The number of rotatable bonds is 0. The fraction of sp³-hybridized carbons (Fsp3) is 0.500. The van der Waals surface area contributed by atoms with E-state index >= 15 is 0 Å². The van der Waals surface area contributed by atoms with Gasteiger partial charge in [-0.05, 0) is 36.9 Å². The molecule has 4 heteroatoms. The van der Waals surface area contributed by atoms with Crippen LogP contribution in [0.2, 0.25) is 0 Å². The molecule has 1 aromatic rings. The zero-order valence-corrected chi connectivity index (χ0v) is 10.7. The molecule has 2 atom stereocenters. The monoisotopic (exact) mass is 285 g/mol. The van der Waals surface area contributed by atoms with E-state index in [4.69, 9.17) is 0 Å². The lowest BCUT2D eigenvalue weighted by Gasteiger charge is -2.28. The summed E-state index contributed by atoms with van der Waals surface area (Å²) in [7, 11) is 0. The fourth-order valence-corrected chi connectivity index (χ4v) is 2.98. The number of fused-ring (bicyclic) bond motifs is 3. The molecule has 16 heavy (non-hydrogen) atoms. The first kappa shape index (κ1) is 11.7. The van der Waals surface area contributed by atoms with Crippen LogP contribution in [-0.4, -0.2) is 23.3 Å². The molecule has 0 radical (unpaired) electrons. The Morgan fingerprint density at radius 1 is 1.19 bits per heavy atom. The van der Waals surface area contributed by atoms with Crippen LogP contribution in [0.1, 0.15) is 23.5 Å². The van der Waals surface area contributed by atoms with E-state index in [-0.39, 0.29) is 28.5 Å². The van der Waals surface area contributed by atoms with E-state index in [2.05, 4.69) is 5.32 Å². The standard InChI is InChI=1S/C12H15NO2.BrH/c14-11-4-3-8-9(12(11)15)2-1-7-5-13-6-10(7)8;/h3-4,7,10,13-15H,1-2,5-6H2;1H/t7-,10-;/m1./s1. The highest BCUT2D eigenvalue weighted by Crippen LogP contribution is 2.44. The Morgan fingerprint density at radius 2 is 2.00 bits per heavy atom. The maximum atomic E-state index is 9.79. The molecule has 0 unspecified atom stereocenters. The van der Waals surface area contributed by atoms with Crippen molar-refractivity contribution in [3.8, 4) is 11.5 Å². The smallest absolute Gasteiger partial charge is 0.160 e. The van der Waals surface area contributed by atoms with Gasteiger partial charge in [0.2, 0.25) is 0 Å². The van der Waals surface area contributed by atoms with E-state index in [1.807, 2.05) is 6.07 Å². The van der Waals surface area contributed by atoms with Crippen LogP contribution in [0.3, 0.4) is 0 Å². The number of hydrogen-bond acceptors (Lipinski definition) is 3. The van der Waals surface area contributed by atoms with E-state index in [0.717, 1.165) is 31.5 Å². The van der Waals surface area contributed by atoms with Crippen LogP contribution in [0, 0.1) is 5.92 Å². The van der Waals surface area contributed by atoms with Gasteiger partial charge in [-0.1, -0.05) is 6.07 Å². The van der Waals surface area contributed by atoms with Crippen molar-refractivity contribution in [3.63, 3.8) is 0 Å². The summed E-state index contributed by atoms with van der Waals surface area (Å²) in [4.78, 5) is 0. The second kappa shape index (κ2) is 4.26. The molecule has 0 bridgehead atoms. The SMILES string of the molecule is Br.Oc1ccc2c(c1O)CC[C@@H]1CNC[C@@H]21. The van der Waals surface area contributed by atoms with Crippen molar-refractivity contribution in [1.82, 2.24) is 5.32 Å². The minimum Gasteiger partial charge on any atom is -0.504 e. The van der Waals surface area contributed by atoms with Crippen LogP contribution in [-0.2, 0) is 6.42 Å². The fourth-order valence-electron chi connectivity index (χ4n) is 2.98. The summed E-state index contributed by atoms with van der Waals surface area (Å²) in [6, 6.07) is 3.57. The average Bonchev–Trinajstić information content (AvgIpc) is 2.71. The Balaban J connectivity index is 0.000000963. The Bertz CT molecular complexity index is 408. The molecule has 1 aliphatic heterocycles. The van der Waals surface area contributed by atoms with Gasteiger partial charge in [0.15, 0.2) is 11.5 Å². The maximum Gasteiger partial charge on any atom is 0.160 e. The van der Waals surface area contributed by atoms with Crippen molar-refractivity contribution < 1.29 is 10.2 Å². The van der Waals surface area contributed by atoms with Gasteiger partial charge in [-0.2, -0.15) is 0 Å². The normalized spacial score (nSPS) is 26.8. The van der Waals surface area contributed by atoms with Gasteiger partial charge in [0.25, 0.3) is 0 Å². The highest BCUT2D eigenvalue weighted by atomic mass is 79.9. The summed E-state index contributed by atoms with van der Waals surface area (Å²) < 4.78 is 0. The number of hydrogen-bond donors (Lipinski definition) is 3. The summed E-state index contributed by atoms with van der Waals surface area (Å²) in [5.74, 6) is 1.35. The average molecular weight is 286 g/mol. The highest BCUT2D eigenvalue weighted by Gasteiger charge is 2.34. The maximum absolute atomic E-state index is 9.79. The van der Waals surface area contributed by atoms with Crippen molar-refractivity contribution in [2.45, 2.75) is 18.8 Å². The van der Waals surface area contributed by atoms with Gasteiger partial charge in [0.05, 0.1) is 0 Å². The number of phenolic OH excluding ortho intramolecular Hbond substituents is 2. The molecule has 2 aliphatic rings. The second-order valence-electron chi connectivity index (χ2n) is 4.56. The molecule has 1 aromatic carbocycles. The van der Waals surface area contributed by atoms with Gasteiger partial charge in [-0.15, -0.1) is 17.0 Å². The summed E-state index contributed by atoms with van der Waals surface area (Å²) >= 11 is 0. The van der Waals surface area contributed by atoms with Crippen molar-refractivity contribution in [2.24, 2.45) is 5.92 Å². The molecule has 3 N–H and O–H groups in total. The molecule has 3 nitrogen and oxygen atoms in total. The van der Waals surface area contributed by atoms with Crippen LogP contribution in [0.15, 0.2) is 12.1 Å². The van der Waals surface area contributed by atoms with Gasteiger partial charge >= 0.3 is 0 Å². The van der Waals surface area contributed by atoms with E-state index in [1.165, 1.54) is 5.56 Å². The molecule has 1 saturated heterocycles. The molecule has 88 valence electrons. The van der Waals surface area contributed by atoms with Crippen LogP contribution >= 0.6 is 17.0 Å². The number of nitrogens with one attached hydrogen (secondary N) is 1. The Labute approximate surface area is 105 Å². The number of phenols is 2. The number of aromatic hydroxyl groups is 2.